The second kappa shape index (κ2) is 5.57. The maximum Gasteiger partial charge on any atom is 0.174 e. The SMILES string of the molecule is CCC(CCN)Sc1nnc(C)s1. The van der Waals surface area contributed by atoms with Crippen molar-refractivity contribution in [2.24, 2.45) is 5.73 Å². The molecule has 1 heterocycles. The molecule has 2 N–H and O–H groups in total. The van der Waals surface area contributed by atoms with Gasteiger partial charge in [-0.25, -0.2) is 0 Å². The number of rotatable bonds is 5. The minimum Gasteiger partial charge on any atom is -0.330 e. The molecule has 0 spiro atoms. The molecule has 0 bridgehead atoms. The molecule has 74 valence electrons. The number of aryl methyl sites for hydroxylation is 1. The molecule has 0 aliphatic heterocycles. The van der Waals surface area contributed by atoms with Crippen LogP contribution in [0.25, 0.3) is 0 Å². The summed E-state index contributed by atoms with van der Waals surface area (Å²) in [4.78, 5) is 0. The summed E-state index contributed by atoms with van der Waals surface area (Å²) >= 11 is 3.46. The van der Waals surface area contributed by atoms with Gasteiger partial charge in [-0.3, -0.25) is 0 Å². The fourth-order valence-corrected chi connectivity index (χ4v) is 3.17. The Labute approximate surface area is 87.1 Å². The highest BCUT2D eigenvalue weighted by Crippen LogP contribution is 2.29. The van der Waals surface area contributed by atoms with Crippen molar-refractivity contribution in [3.63, 3.8) is 0 Å². The van der Waals surface area contributed by atoms with E-state index in [1.54, 1.807) is 23.1 Å². The molecule has 3 nitrogen and oxygen atoms in total. The first-order chi connectivity index (χ1) is 6.26. The zero-order valence-corrected chi connectivity index (χ0v) is 9.62. The van der Waals surface area contributed by atoms with Crippen molar-refractivity contribution in [3.05, 3.63) is 5.01 Å². The molecule has 1 unspecified atom stereocenters. The third kappa shape index (κ3) is 3.62. The first-order valence-electron chi connectivity index (χ1n) is 4.43. The first kappa shape index (κ1) is 10.9. The van der Waals surface area contributed by atoms with E-state index < -0.39 is 0 Å². The van der Waals surface area contributed by atoms with Crippen LogP contribution in [0.3, 0.4) is 0 Å². The predicted octanol–water partition coefficient (Wildman–Crippen LogP) is 2.07. The summed E-state index contributed by atoms with van der Waals surface area (Å²) in [6.07, 6.45) is 2.19. The monoisotopic (exact) mass is 217 g/mol. The lowest BCUT2D eigenvalue weighted by atomic mass is 10.2. The Balaban J connectivity index is 2.46. The Hall–Kier alpha value is -0.130. The van der Waals surface area contributed by atoms with Crippen LogP contribution >= 0.6 is 23.1 Å². The summed E-state index contributed by atoms with van der Waals surface area (Å²) < 4.78 is 1.07. The summed E-state index contributed by atoms with van der Waals surface area (Å²) in [6, 6.07) is 0. The van der Waals surface area contributed by atoms with Gasteiger partial charge < -0.3 is 5.73 Å². The van der Waals surface area contributed by atoms with Gasteiger partial charge in [-0.05, 0) is 26.3 Å². The summed E-state index contributed by atoms with van der Waals surface area (Å²) in [5, 5.41) is 9.68. The van der Waals surface area contributed by atoms with Gasteiger partial charge in [0.2, 0.25) is 0 Å². The quantitative estimate of drug-likeness (QED) is 0.767. The summed E-state index contributed by atoms with van der Waals surface area (Å²) in [7, 11) is 0. The summed E-state index contributed by atoms with van der Waals surface area (Å²) in [6.45, 7) is 4.91. The molecule has 0 saturated heterocycles. The van der Waals surface area contributed by atoms with Crippen molar-refractivity contribution in [2.45, 2.75) is 36.3 Å². The predicted molar refractivity (Wildman–Crippen MR) is 58.3 cm³/mol. The highest BCUT2D eigenvalue weighted by Gasteiger charge is 2.10. The molecule has 1 rings (SSSR count). The van der Waals surface area contributed by atoms with Crippen molar-refractivity contribution >= 4 is 23.1 Å². The minimum atomic E-state index is 0.595. The van der Waals surface area contributed by atoms with Gasteiger partial charge in [0.15, 0.2) is 4.34 Å². The second-order valence-electron chi connectivity index (χ2n) is 2.81. The van der Waals surface area contributed by atoms with Gasteiger partial charge in [0, 0.05) is 5.25 Å². The van der Waals surface area contributed by atoms with Crippen molar-refractivity contribution in [3.8, 4) is 0 Å². The van der Waals surface area contributed by atoms with E-state index in [4.69, 9.17) is 5.73 Å². The van der Waals surface area contributed by atoms with Crippen LogP contribution in [0.1, 0.15) is 24.8 Å². The highest BCUT2D eigenvalue weighted by molar-refractivity contribution is 8.01. The smallest absolute Gasteiger partial charge is 0.174 e. The van der Waals surface area contributed by atoms with Gasteiger partial charge in [0.05, 0.1) is 0 Å². The molecule has 0 aliphatic rings. The van der Waals surface area contributed by atoms with Gasteiger partial charge in [-0.2, -0.15) is 0 Å². The van der Waals surface area contributed by atoms with E-state index in [1.165, 1.54) is 0 Å². The Morgan fingerprint density at radius 3 is 2.77 bits per heavy atom. The molecule has 1 atom stereocenters. The number of nitrogens with two attached hydrogens (primary N) is 1. The molecule has 5 heteroatoms. The average Bonchev–Trinajstić information content (AvgIpc) is 2.50. The highest BCUT2D eigenvalue weighted by atomic mass is 32.2. The Morgan fingerprint density at radius 2 is 2.31 bits per heavy atom. The molecule has 0 aromatic carbocycles. The second-order valence-corrected chi connectivity index (χ2v) is 5.54. The normalized spacial score (nSPS) is 13.2. The minimum absolute atomic E-state index is 0.595. The summed E-state index contributed by atoms with van der Waals surface area (Å²) in [5.74, 6) is 0. The van der Waals surface area contributed by atoms with Crippen LogP contribution in [0, 0.1) is 6.92 Å². The molecule has 0 saturated carbocycles. The Morgan fingerprint density at radius 1 is 1.54 bits per heavy atom. The molecule has 13 heavy (non-hydrogen) atoms. The van der Waals surface area contributed by atoms with Crippen LogP contribution in [0.15, 0.2) is 4.34 Å². The van der Waals surface area contributed by atoms with E-state index in [0.717, 1.165) is 28.7 Å². The fourth-order valence-electron chi connectivity index (χ4n) is 1.00. The van der Waals surface area contributed by atoms with Crippen molar-refractivity contribution in [1.29, 1.82) is 0 Å². The van der Waals surface area contributed by atoms with Crippen LogP contribution in [0.2, 0.25) is 0 Å². The Bertz CT molecular complexity index is 249. The lowest BCUT2D eigenvalue weighted by Gasteiger charge is -2.09. The molecule has 0 radical (unpaired) electrons. The Kier molecular flexibility index (Phi) is 4.69. The molecule has 1 aromatic heterocycles. The zero-order chi connectivity index (χ0) is 9.68. The first-order valence-corrected chi connectivity index (χ1v) is 6.12. The third-order valence-corrected chi connectivity index (χ3v) is 4.08. The van der Waals surface area contributed by atoms with E-state index in [9.17, 15) is 0 Å². The van der Waals surface area contributed by atoms with Crippen LogP contribution in [-0.2, 0) is 0 Å². The topological polar surface area (TPSA) is 51.8 Å². The number of nitrogens with zero attached hydrogens (tertiary/aromatic N) is 2. The largest absolute Gasteiger partial charge is 0.330 e. The number of hydrogen-bond donors (Lipinski definition) is 1. The van der Waals surface area contributed by atoms with Crippen molar-refractivity contribution in [1.82, 2.24) is 10.2 Å². The third-order valence-electron chi connectivity index (χ3n) is 1.72. The van der Waals surface area contributed by atoms with Gasteiger partial charge in [0.1, 0.15) is 5.01 Å². The van der Waals surface area contributed by atoms with E-state index in [0.29, 0.717) is 5.25 Å². The van der Waals surface area contributed by atoms with Gasteiger partial charge in [0.25, 0.3) is 0 Å². The van der Waals surface area contributed by atoms with E-state index >= 15 is 0 Å². The van der Waals surface area contributed by atoms with Crippen LogP contribution in [-0.4, -0.2) is 22.0 Å². The zero-order valence-electron chi connectivity index (χ0n) is 7.99. The van der Waals surface area contributed by atoms with Crippen LogP contribution in [0.4, 0.5) is 0 Å². The van der Waals surface area contributed by atoms with Gasteiger partial charge >= 0.3 is 0 Å². The number of thioether (sulfide) groups is 1. The maximum atomic E-state index is 5.52. The van der Waals surface area contributed by atoms with E-state index in [-0.39, 0.29) is 0 Å². The molecule has 1 aromatic rings. The van der Waals surface area contributed by atoms with E-state index in [2.05, 4.69) is 17.1 Å². The van der Waals surface area contributed by atoms with E-state index in [1.807, 2.05) is 6.92 Å². The molecular weight excluding hydrogens is 202 g/mol. The lowest BCUT2D eigenvalue weighted by molar-refractivity contribution is 0.744. The van der Waals surface area contributed by atoms with Crippen molar-refractivity contribution in [2.75, 3.05) is 6.54 Å². The average molecular weight is 217 g/mol. The molecule has 0 amide bonds. The van der Waals surface area contributed by atoms with Crippen LogP contribution < -0.4 is 5.73 Å². The molecular formula is C8H15N3S2. The summed E-state index contributed by atoms with van der Waals surface area (Å²) in [5.41, 5.74) is 5.52. The maximum absolute atomic E-state index is 5.52. The molecule has 0 aliphatic carbocycles. The standard InChI is InChI=1S/C8H15N3S2/c1-3-7(4-5-9)13-8-11-10-6(2)12-8/h7H,3-5,9H2,1-2H3. The van der Waals surface area contributed by atoms with Gasteiger partial charge in [-0.1, -0.05) is 30.0 Å². The number of aromatic nitrogens is 2. The van der Waals surface area contributed by atoms with Crippen LogP contribution in [0.5, 0.6) is 0 Å². The lowest BCUT2D eigenvalue weighted by Crippen LogP contribution is -2.09. The fraction of sp³-hybridized carbons (Fsp3) is 0.750. The number of hydrogen-bond acceptors (Lipinski definition) is 5. The molecule has 0 fully saturated rings. The van der Waals surface area contributed by atoms with Gasteiger partial charge in [-0.15, -0.1) is 10.2 Å². The van der Waals surface area contributed by atoms with Crippen molar-refractivity contribution < 1.29 is 0 Å².